The van der Waals surface area contributed by atoms with Crippen LogP contribution in [0.2, 0.25) is 0 Å². The number of rotatable bonds is 1. The lowest BCUT2D eigenvalue weighted by Gasteiger charge is -2.05. The van der Waals surface area contributed by atoms with E-state index in [1.807, 2.05) is 36.4 Å². The SMILES string of the molecule is OCc1c(Br)ccc2ccccc12. The Kier molecular flexibility index (Phi) is 2.34. The van der Waals surface area contributed by atoms with E-state index >= 15 is 0 Å². The van der Waals surface area contributed by atoms with Crippen molar-refractivity contribution >= 4 is 26.7 Å². The first-order valence-corrected chi connectivity index (χ1v) is 4.89. The van der Waals surface area contributed by atoms with Gasteiger partial charge >= 0.3 is 0 Å². The molecule has 0 spiro atoms. The Hall–Kier alpha value is -0.860. The highest BCUT2D eigenvalue weighted by Gasteiger charge is 2.02. The molecule has 0 aliphatic rings. The van der Waals surface area contributed by atoms with E-state index in [9.17, 15) is 5.11 Å². The van der Waals surface area contributed by atoms with Gasteiger partial charge in [-0.1, -0.05) is 46.3 Å². The van der Waals surface area contributed by atoms with Crippen LogP contribution in [-0.2, 0) is 6.61 Å². The Morgan fingerprint density at radius 1 is 1.08 bits per heavy atom. The van der Waals surface area contributed by atoms with Gasteiger partial charge in [-0.15, -0.1) is 0 Å². The summed E-state index contributed by atoms with van der Waals surface area (Å²) in [5.41, 5.74) is 0.957. The maximum atomic E-state index is 9.19. The molecule has 0 atom stereocenters. The molecule has 0 aromatic heterocycles. The number of aliphatic hydroxyl groups is 1. The van der Waals surface area contributed by atoms with E-state index in [0.29, 0.717) is 0 Å². The molecular formula is C11H9BrO. The van der Waals surface area contributed by atoms with Crippen molar-refractivity contribution in [3.05, 3.63) is 46.4 Å². The Morgan fingerprint density at radius 3 is 2.62 bits per heavy atom. The van der Waals surface area contributed by atoms with Crippen molar-refractivity contribution in [1.82, 2.24) is 0 Å². The van der Waals surface area contributed by atoms with E-state index < -0.39 is 0 Å². The fourth-order valence-electron chi connectivity index (χ4n) is 1.47. The first-order valence-electron chi connectivity index (χ1n) is 4.10. The van der Waals surface area contributed by atoms with E-state index in [4.69, 9.17) is 0 Å². The zero-order valence-electron chi connectivity index (χ0n) is 7.00. The van der Waals surface area contributed by atoms with E-state index in [1.165, 1.54) is 0 Å². The van der Waals surface area contributed by atoms with Crippen LogP contribution in [0.4, 0.5) is 0 Å². The molecule has 0 aliphatic heterocycles. The fourth-order valence-corrected chi connectivity index (χ4v) is 1.94. The summed E-state index contributed by atoms with van der Waals surface area (Å²) < 4.78 is 0.966. The van der Waals surface area contributed by atoms with Crippen LogP contribution in [0.3, 0.4) is 0 Å². The molecule has 0 heterocycles. The van der Waals surface area contributed by atoms with Crippen molar-refractivity contribution in [3.63, 3.8) is 0 Å². The molecule has 66 valence electrons. The number of halogens is 1. The van der Waals surface area contributed by atoms with Crippen molar-refractivity contribution in [2.45, 2.75) is 6.61 Å². The van der Waals surface area contributed by atoms with Gasteiger partial charge in [-0.25, -0.2) is 0 Å². The van der Waals surface area contributed by atoms with Crippen molar-refractivity contribution in [3.8, 4) is 0 Å². The lowest BCUT2D eigenvalue weighted by atomic mass is 10.1. The van der Waals surface area contributed by atoms with Crippen molar-refractivity contribution in [2.75, 3.05) is 0 Å². The number of benzene rings is 2. The van der Waals surface area contributed by atoms with Crippen molar-refractivity contribution in [2.24, 2.45) is 0 Å². The zero-order valence-corrected chi connectivity index (χ0v) is 8.58. The van der Waals surface area contributed by atoms with E-state index in [-0.39, 0.29) is 6.61 Å². The molecule has 1 nitrogen and oxygen atoms in total. The normalized spacial score (nSPS) is 10.6. The molecule has 0 bridgehead atoms. The first-order chi connectivity index (χ1) is 6.33. The topological polar surface area (TPSA) is 20.2 Å². The van der Waals surface area contributed by atoms with Crippen LogP contribution in [0.5, 0.6) is 0 Å². The van der Waals surface area contributed by atoms with Gasteiger partial charge < -0.3 is 5.11 Å². The average Bonchev–Trinajstić information content (AvgIpc) is 2.18. The molecule has 0 radical (unpaired) electrons. The van der Waals surface area contributed by atoms with Crippen LogP contribution in [0.15, 0.2) is 40.9 Å². The number of aliphatic hydroxyl groups excluding tert-OH is 1. The van der Waals surface area contributed by atoms with Crippen LogP contribution < -0.4 is 0 Å². The number of hydrogen-bond donors (Lipinski definition) is 1. The molecule has 0 fully saturated rings. The third kappa shape index (κ3) is 1.47. The molecule has 1 N–H and O–H groups in total. The second-order valence-electron chi connectivity index (χ2n) is 2.91. The van der Waals surface area contributed by atoms with Crippen LogP contribution in [0, 0.1) is 0 Å². The van der Waals surface area contributed by atoms with Gasteiger partial charge in [0.2, 0.25) is 0 Å². The van der Waals surface area contributed by atoms with Gasteiger partial charge in [0.25, 0.3) is 0 Å². The molecule has 2 heteroatoms. The maximum Gasteiger partial charge on any atom is 0.0698 e. The Bertz CT molecular complexity index is 437. The summed E-state index contributed by atoms with van der Waals surface area (Å²) >= 11 is 3.42. The molecule has 0 unspecified atom stereocenters. The highest BCUT2D eigenvalue weighted by atomic mass is 79.9. The third-order valence-corrected chi connectivity index (χ3v) is 2.88. The van der Waals surface area contributed by atoms with Gasteiger partial charge in [-0.05, 0) is 22.4 Å². The van der Waals surface area contributed by atoms with Crippen molar-refractivity contribution in [1.29, 1.82) is 0 Å². The minimum absolute atomic E-state index is 0.0714. The average molecular weight is 237 g/mol. The molecule has 0 aliphatic carbocycles. The second kappa shape index (κ2) is 3.48. The quantitative estimate of drug-likeness (QED) is 0.807. The largest absolute Gasteiger partial charge is 0.392 e. The highest BCUT2D eigenvalue weighted by molar-refractivity contribution is 9.10. The fraction of sp³-hybridized carbons (Fsp3) is 0.0909. The molecule has 2 aromatic rings. The molecule has 0 amide bonds. The summed E-state index contributed by atoms with van der Waals surface area (Å²) in [5, 5.41) is 11.5. The monoisotopic (exact) mass is 236 g/mol. The van der Waals surface area contributed by atoms with Gasteiger partial charge in [0.05, 0.1) is 6.61 Å². The third-order valence-electron chi connectivity index (χ3n) is 2.14. The number of fused-ring (bicyclic) bond motifs is 1. The standard InChI is InChI=1S/C11H9BrO/c12-11-6-5-8-3-1-2-4-9(8)10(11)7-13/h1-6,13H,7H2. The summed E-state index contributed by atoms with van der Waals surface area (Å²) in [7, 11) is 0. The van der Waals surface area contributed by atoms with E-state index in [1.54, 1.807) is 0 Å². The van der Waals surface area contributed by atoms with Gasteiger partial charge in [0.15, 0.2) is 0 Å². The maximum absolute atomic E-state index is 9.19. The van der Waals surface area contributed by atoms with Crippen LogP contribution in [0.1, 0.15) is 5.56 Å². The van der Waals surface area contributed by atoms with E-state index in [2.05, 4.69) is 15.9 Å². The Morgan fingerprint density at radius 2 is 1.85 bits per heavy atom. The summed E-state index contributed by atoms with van der Waals surface area (Å²) in [5.74, 6) is 0. The lowest BCUT2D eigenvalue weighted by molar-refractivity contribution is 0.282. The summed E-state index contributed by atoms with van der Waals surface area (Å²) in [6, 6.07) is 12.0. The predicted molar refractivity (Wildman–Crippen MR) is 57.6 cm³/mol. The lowest BCUT2D eigenvalue weighted by Crippen LogP contribution is -1.87. The summed E-state index contributed by atoms with van der Waals surface area (Å²) in [6.07, 6.45) is 0. The van der Waals surface area contributed by atoms with Gasteiger partial charge in [0, 0.05) is 4.47 Å². The smallest absolute Gasteiger partial charge is 0.0698 e. The molecule has 2 aromatic carbocycles. The molecular weight excluding hydrogens is 228 g/mol. The van der Waals surface area contributed by atoms with Gasteiger partial charge in [0.1, 0.15) is 0 Å². The van der Waals surface area contributed by atoms with Gasteiger partial charge in [-0.3, -0.25) is 0 Å². The minimum atomic E-state index is 0.0714. The first kappa shape index (κ1) is 8.73. The van der Waals surface area contributed by atoms with E-state index in [0.717, 1.165) is 20.8 Å². The Labute approximate surface area is 85.1 Å². The predicted octanol–water partition coefficient (Wildman–Crippen LogP) is 3.09. The molecule has 2 rings (SSSR count). The summed E-state index contributed by atoms with van der Waals surface area (Å²) in [6.45, 7) is 0.0714. The Balaban J connectivity index is 2.84. The van der Waals surface area contributed by atoms with Crippen LogP contribution in [0.25, 0.3) is 10.8 Å². The van der Waals surface area contributed by atoms with Gasteiger partial charge in [-0.2, -0.15) is 0 Å². The molecule has 0 saturated carbocycles. The molecule has 0 saturated heterocycles. The van der Waals surface area contributed by atoms with Crippen molar-refractivity contribution < 1.29 is 5.11 Å². The number of hydrogen-bond acceptors (Lipinski definition) is 1. The van der Waals surface area contributed by atoms with Crippen LogP contribution >= 0.6 is 15.9 Å². The highest BCUT2D eigenvalue weighted by Crippen LogP contribution is 2.26. The minimum Gasteiger partial charge on any atom is -0.392 e. The zero-order chi connectivity index (χ0) is 9.26. The summed E-state index contributed by atoms with van der Waals surface area (Å²) in [4.78, 5) is 0. The van der Waals surface area contributed by atoms with Crippen LogP contribution in [-0.4, -0.2) is 5.11 Å². The second-order valence-corrected chi connectivity index (χ2v) is 3.76. The molecule has 13 heavy (non-hydrogen) atoms.